The number of benzene rings is 1. The van der Waals surface area contributed by atoms with Gasteiger partial charge in [0.1, 0.15) is 5.75 Å². The van der Waals surface area contributed by atoms with E-state index in [-0.39, 0.29) is 12.5 Å². The summed E-state index contributed by atoms with van der Waals surface area (Å²) in [5, 5.41) is 0. The first-order chi connectivity index (χ1) is 13.3. The Morgan fingerprint density at radius 2 is 1.85 bits per heavy atom. The van der Waals surface area contributed by atoms with E-state index in [2.05, 4.69) is 21.9 Å². The minimum Gasteiger partial charge on any atom is -0.484 e. The Bertz CT molecular complexity index is 616. The van der Waals surface area contributed by atoms with Crippen molar-refractivity contribution < 1.29 is 14.3 Å². The van der Waals surface area contributed by atoms with E-state index in [0.717, 1.165) is 24.9 Å². The van der Waals surface area contributed by atoms with E-state index in [9.17, 15) is 4.79 Å². The summed E-state index contributed by atoms with van der Waals surface area (Å²) in [5.41, 5.74) is 1.31. The monoisotopic (exact) mass is 373 g/mol. The second-order valence-electron chi connectivity index (χ2n) is 7.85. The highest BCUT2D eigenvalue weighted by molar-refractivity contribution is 5.77. The number of hydrogen-bond donors (Lipinski definition) is 0. The average Bonchev–Trinajstić information content (AvgIpc) is 2.73. The predicted octanol–water partition coefficient (Wildman–Crippen LogP) is 1.59. The van der Waals surface area contributed by atoms with Crippen molar-refractivity contribution in [3.05, 3.63) is 29.8 Å². The molecule has 148 valence electrons. The van der Waals surface area contributed by atoms with Crippen molar-refractivity contribution in [1.82, 2.24) is 14.7 Å². The highest BCUT2D eigenvalue weighted by Crippen LogP contribution is 2.22. The van der Waals surface area contributed by atoms with E-state index in [1.165, 1.54) is 44.5 Å². The third kappa shape index (κ3) is 5.00. The van der Waals surface area contributed by atoms with Crippen LogP contribution in [0.1, 0.15) is 24.8 Å². The fraction of sp³-hybridized carbons (Fsp3) is 0.667. The van der Waals surface area contributed by atoms with Crippen LogP contribution in [0.5, 0.6) is 5.75 Å². The molecule has 3 aliphatic rings. The Morgan fingerprint density at radius 1 is 1.04 bits per heavy atom. The van der Waals surface area contributed by atoms with Gasteiger partial charge in [-0.15, -0.1) is 0 Å². The second-order valence-corrected chi connectivity index (χ2v) is 7.85. The molecule has 6 nitrogen and oxygen atoms in total. The van der Waals surface area contributed by atoms with Crippen LogP contribution >= 0.6 is 0 Å². The van der Waals surface area contributed by atoms with Gasteiger partial charge in [-0.25, -0.2) is 0 Å². The summed E-state index contributed by atoms with van der Waals surface area (Å²) in [5.74, 6) is 0.796. The van der Waals surface area contributed by atoms with Gasteiger partial charge in [0.05, 0.1) is 13.2 Å². The minimum absolute atomic E-state index is 0.0349. The summed E-state index contributed by atoms with van der Waals surface area (Å²) < 4.78 is 11.0. The van der Waals surface area contributed by atoms with Gasteiger partial charge in [0, 0.05) is 45.3 Å². The number of fused-ring (bicyclic) bond motifs is 1. The lowest BCUT2D eigenvalue weighted by Gasteiger charge is -2.44. The quantitative estimate of drug-likeness (QED) is 0.784. The van der Waals surface area contributed by atoms with Gasteiger partial charge < -0.3 is 14.4 Å². The van der Waals surface area contributed by atoms with Gasteiger partial charge >= 0.3 is 0 Å². The zero-order valence-corrected chi connectivity index (χ0v) is 16.1. The molecule has 0 bridgehead atoms. The highest BCUT2D eigenvalue weighted by atomic mass is 16.5. The van der Waals surface area contributed by atoms with Crippen molar-refractivity contribution in [1.29, 1.82) is 0 Å². The largest absolute Gasteiger partial charge is 0.484 e. The molecule has 0 aliphatic carbocycles. The molecule has 6 heteroatoms. The standard InChI is InChI=1S/C21H31N3O3/c25-21(24-11-13-26-14-12-24)17-27-20-6-4-18(5-7-20)15-22-9-10-23-8-2-1-3-19(23)16-22/h4-7,19H,1-3,8-17H2/t19-/m1/s1. The Morgan fingerprint density at radius 3 is 2.67 bits per heavy atom. The van der Waals surface area contributed by atoms with Crippen LogP contribution in [-0.4, -0.2) is 85.7 Å². The number of piperidine rings is 1. The van der Waals surface area contributed by atoms with Gasteiger partial charge in [-0.1, -0.05) is 18.6 Å². The molecule has 3 saturated heterocycles. The molecule has 0 radical (unpaired) electrons. The SMILES string of the molecule is O=C(COc1ccc(CN2CCN3CCCC[C@@H]3C2)cc1)N1CCOCC1. The Kier molecular flexibility index (Phi) is 6.27. The smallest absolute Gasteiger partial charge is 0.260 e. The van der Waals surface area contributed by atoms with Crippen LogP contribution in [-0.2, 0) is 16.1 Å². The van der Waals surface area contributed by atoms with Crippen LogP contribution < -0.4 is 4.74 Å². The second kappa shape index (κ2) is 9.04. The predicted molar refractivity (Wildman–Crippen MR) is 104 cm³/mol. The van der Waals surface area contributed by atoms with Crippen LogP contribution in [0.15, 0.2) is 24.3 Å². The topological polar surface area (TPSA) is 45.2 Å². The summed E-state index contributed by atoms with van der Waals surface area (Å²) in [4.78, 5) is 19.2. The molecule has 1 aromatic rings. The first kappa shape index (κ1) is 18.7. The summed E-state index contributed by atoms with van der Waals surface area (Å²) in [6, 6.07) is 8.97. The first-order valence-corrected chi connectivity index (χ1v) is 10.3. The number of ether oxygens (including phenoxy) is 2. The number of morpholine rings is 1. The number of carbonyl (C=O) groups excluding carboxylic acids is 1. The molecule has 1 aromatic carbocycles. The average molecular weight is 373 g/mol. The maximum absolute atomic E-state index is 12.2. The van der Waals surface area contributed by atoms with Crippen molar-refractivity contribution in [3.63, 3.8) is 0 Å². The molecule has 0 saturated carbocycles. The molecule has 0 aromatic heterocycles. The van der Waals surface area contributed by atoms with Crippen molar-refractivity contribution in [2.45, 2.75) is 31.8 Å². The molecule has 3 aliphatic heterocycles. The molecule has 1 atom stereocenters. The molecule has 1 amide bonds. The fourth-order valence-corrected chi connectivity index (χ4v) is 4.36. The van der Waals surface area contributed by atoms with Gasteiger partial charge in [0.25, 0.3) is 5.91 Å². The van der Waals surface area contributed by atoms with Crippen molar-refractivity contribution in [2.24, 2.45) is 0 Å². The van der Waals surface area contributed by atoms with E-state index >= 15 is 0 Å². The number of piperazine rings is 1. The maximum Gasteiger partial charge on any atom is 0.260 e. The van der Waals surface area contributed by atoms with Gasteiger partial charge in [-0.2, -0.15) is 0 Å². The van der Waals surface area contributed by atoms with Gasteiger partial charge in [0.2, 0.25) is 0 Å². The lowest BCUT2D eigenvalue weighted by atomic mass is 9.99. The molecule has 0 spiro atoms. The third-order valence-corrected chi connectivity index (χ3v) is 5.98. The zero-order chi connectivity index (χ0) is 18.5. The van der Waals surface area contributed by atoms with E-state index in [1.54, 1.807) is 0 Å². The van der Waals surface area contributed by atoms with Crippen LogP contribution in [0.4, 0.5) is 0 Å². The van der Waals surface area contributed by atoms with Gasteiger partial charge in [-0.05, 0) is 37.1 Å². The van der Waals surface area contributed by atoms with Gasteiger partial charge in [0.15, 0.2) is 6.61 Å². The van der Waals surface area contributed by atoms with Crippen molar-refractivity contribution >= 4 is 5.91 Å². The van der Waals surface area contributed by atoms with E-state index in [1.807, 2.05) is 17.0 Å². The van der Waals surface area contributed by atoms with Crippen molar-refractivity contribution in [3.8, 4) is 5.75 Å². The summed E-state index contributed by atoms with van der Waals surface area (Å²) in [6.07, 6.45) is 4.09. The molecule has 0 unspecified atom stereocenters. The minimum atomic E-state index is 0.0349. The molecule has 27 heavy (non-hydrogen) atoms. The number of nitrogens with zero attached hydrogens (tertiary/aromatic N) is 3. The molecule has 3 fully saturated rings. The Labute approximate surface area is 162 Å². The van der Waals surface area contributed by atoms with Gasteiger partial charge in [-0.3, -0.25) is 14.6 Å². The molecular formula is C21H31N3O3. The van der Waals surface area contributed by atoms with Crippen LogP contribution in [0.25, 0.3) is 0 Å². The lowest BCUT2D eigenvalue weighted by Crippen LogP contribution is -2.54. The van der Waals surface area contributed by atoms with E-state index < -0.39 is 0 Å². The van der Waals surface area contributed by atoms with Crippen molar-refractivity contribution in [2.75, 3.05) is 59.1 Å². The summed E-state index contributed by atoms with van der Waals surface area (Å²) in [6.45, 7) is 8.49. The number of hydrogen-bond acceptors (Lipinski definition) is 5. The maximum atomic E-state index is 12.2. The lowest BCUT2D eigenvalue weighted by molar-refractivity contribution is -0.137. The number of amides is 1. The summed E-state index contributed by atoms with van der Waals surface area (Å²) >= 11 is 0. The molecule has 3 heterocycles. The first-order valence-electron chi connectivity index (χ1n) is 10.3. The Hall–Kier alpha value is -1.63. The van der Waals surface area contributed by atoms with Crippen LogP contribution in [0.3, 0.4) is 0 Å². The zero-order valence-electron chi connectivity index (χ0n) is 16.1. The number of carbonyl (C=O) groups is 1. The van der Waals surface area contributed by atoms with E-state index in [4.69, 9.17) is 9.47 Å². The van der Waals surface area contributed by atoms with Crippen LogP contribution in [0.2, 0.25) is 0 Å². The van der Waals surface area contributed by atoms with Crippen LogP contribution in [0, 0.1) is 0 Å². The van der Waals surface area contributed by atoms with E-state index in [0.29, 0.717) is 26.3 Å². The normalized spacial score (nSPS) is 24.4. The fourth-order valence-electron chi connectivity index (χ4n) is 4.36. The molecular weight excluding hydrogens is 342 g/mol. The summed E-state index contributed by atoms with van der Waals surface area (Å²) in [7, 11) is 0. The Balaban J connectivity index is 1.23. The molecule has 4 rings (SSSR count). The third-order valence-electron chi connectivity index (χ3n) is 5.98. The number of rotatable bonds is 5. The highest BCUT2D eigenvalue weighted by Gasteiger charge is 2.28. The molecule has 0 N–H and O–H groups in total.